The first-order valence-corrected chi connectivity index (χ1v) is 7.93. The van der Waals surface area contributed by atoms with Gasteiger partial charge in [-0.2, -0.15) is 4.98 Å². The third-order valence-electron chi connectivity index (χ3n) is 3.85. The molecule has 1 aliphatic heterocycles. The van der Waals surface area contributed by atoms with E-state index in [-0.39, 0.29) is 18.5 Å². The Kier molecular flexibility index (Phi) is 4.99. The van der Waals surface area contributed by atoms with Gasteiger partial charge in [-0.15, -0.1) is 0 Å². The van der Waals surface area contributed by atoms with Crippen LogP contribution in [0.5, 0.6) is 0 Å². The molecular formula is C16H21N5O2. The van der Waals surface area contributed by atoms with E-state index < -0.39 is 0 Å². The zero-order valence-electron chi connectivity index (χ0n) is 13.1. The second kappa shape index (κ2) is 7.34. The molecule has 7 nitrogen and oxygen atoms in total. The Balaban J connectivity index is 1.51. The molecule has 2 atom stereocenters. The van der Waals surface area contributed by atoms with Crippen LogP contribution in [0.4, 0.5) is 0 Å². The average molecular weight is 315 g/mol. The Labute approximate surface area is 134 Å². The van der Waals surface area contributed by atoms with Crippen LogP contribution >= 0.6 is 0 Å². The number of rotatable bonds is 6. The molecule has 2 heterocycles. The van der Waals surface area contributed by atoms with Crippen molar-refractivity contribution in [3.05, 3.63) is 36.2 Å². The van der Waals surface area contributed by atoms with Crippen LogP contribution in [-0.2, 0) is 11.3 Å². The lowest BCUT2D eigenvalue weighted by Gasteiger charge is -2.08. The number of aromatic nitrogens is 2. The second-order valence-corrected chi connectivity index (χ2v) is 5.66. The molecule has 0 aliphatic carbocycles. The van der Waals surface area contributed by atoms with Crippen LogP contribution < -0.4 is 16.2 Å². The van der Waals surface area contributed by atoms with E-state index in [9.17, 15) is 4.79 Å². The van der Waals surface area contributed by atoms with Crippen molar-refractivity contribution >= 4 is 5.91 Å². The molecule has 1 aliphatic rings. The normalized spacial score (nSPS) is 20.6. The fourth-order valence-electron chi connectivity index (χ4n) is 2.65. The molecule has 2 unspecified atom stereocenters. The molecule has 0 radical (unpaired) electrons. The van der Waals surface area contributed by atoms with Gasteiger partial charge < -0.3 is 9.84 Å². The zero-order chi connectivity index (χ0) is 16.1. The van der Waals surface area contributed by atoms with Crippen molar-refractivity contribution in [2.24, 2.45) is 0 Å². The summed E-state index contributed by atoms with van der Waals surface area (Å²) >= 11 is 0. The number of amides is 1. The molecule has 1 saturated heterocycles. The Bertz CT molecular complexity index is 643. The number of carbonyl (C=O) groups excluding carboxylic acids is 1. The predicted octanol–water partition coefficient (Wildman–Crippen LogP) is 1.39. The van der Waals surface area contributed by atoms with E-state index in [1.807, 2.05) is 30.3 Å². The van der Waals surface area contributed by atoms with Crippen LogP contribution in [0.25, 0.3) is 11.5 Å². The number of benzene rings is 1. The van der Waals surface area contributed by atoms with Crippen molar-refractivity contribution in [2.75, 3.05) is 0 Å². The maximum absolute atomic E-state index is 12.1. The molecule has 0 bridgehead atoms. The maximum Gasteiger partial charge on any atom is 0.257 e. The van der Waals surface area contributed by atoms with E-state index in [1.54, 1.807) is 0 Å². The second-order valence-electron chi connectivity index (χ2n) is 5.66. The van der Waals surface area contributed by atoms with E-state index in [4.69, 9.17) is 4.52 Å². The summed E-state index contributed by atoms with van der Waals surface area (Å²) in [5.74, 6) is 0.869. The summed E-state index contributed by atoms with van der Waals surface area (Å²) in [6.07, 6.45) is 2.95. The molecule has 1 amide bonds. The van der Waals surface area contributed by atoms with Crippen LogP contribution in [0.2, 0.25) is 0 Å². The average Bonchev–Trinajstić information content (AvgIpc) is 3.23. The highest BCUT2D eigenvalue weighted by Crippen LogP contribution is 2.16. The summed E-state index contributed by atoms with van der Waals surface area (Å²) < 4.78 is 5.22. The number of hydrazine groups is 1. The van der Waals surface area contributed by atoms with Crippen LogP contribution in [0.3, 0.4) is 0 Å². The van der Waals surface area contributed by atoms with Gasteiger partial charge in [0.1, 0.15) is 6.04 Å². The van der Waals surface area contributed by atoms with Crippen molar-refractivity contribution in [3.8, 4) is 11.5 Å². The highest BCUT2D eigenvalue weighted by atomic mass is 16.5. The first-order valence-electron chi connectivity index (χ1n) is 7.93. The molecular weight excluding hydrogens is 294 g/mol. The lowest BCUT2D eigenvalue weighted by molar-refractivity contribution is -0.123. The van der Waals surface area contributed by atoms with Gasteiger partial charge in [-0.05, 0) is 25.0 Å². The molecule has 122 valence electrons. The molecule has 23 heavy (non-hydrogen) atoms. The fraction of sp³-hybridized carbons (Fsp3) is 0.438. The van der Waals surface area contributed by atoms with Crippen LogP contribution in [0.1, 0.15) is 32.0 Å². The van der Waals surface area contributed by atoms with Crippen molar-refractivity contribution in [1.82, 2.24) is 26.3 Å². The largest absolute Gasteiger partial charge is 0.347 e. The fourth-order valence-corrected chi connectivity index (χ4v) is 2.65. The lowest BCUT2D eigenvalue weighted by Crippen LogP contribution is -2.43. The van der Waals surface area contributed by atoms with E-state index >= 15 is 0 Å². The summed E-state index contributed by atoms with van der Waals surface area (Å²) in [6, 6.07) is 9.68. The van der Waals surface area contributed by atoms with Gasteiger partial charge in [0.05, 0.1) is 6.54 Å². The molecule has 1 fully saturated rings. The van der Waals surface area contributed by atoms with Gasteiger partial charge in [0.25, 0.3) is 5.89 Å². The first kappa shape index (κ1) is 15.6. The van der Waals surface area contributed by atoms with Gasteiger partial charge in [0.15, 0.2) is 5.82 Å². The molecule has 1 aromatic heterocycles. The summed E-state index contributed by atoms with van der Waals surface area (Å²) in [4.78, 5) is 16.4. The molecule has 1 aromatic carbocycles. The van der Waals surface area contributed by atoms with E-state index in [0.717, 1.165) is 24.8 Å². The van der Waals surface area contributed by atoms with Gasteiger partial charge in [-0.3, -0.25) is 10.2 Å². The zero-order valence-corrected chi connectivity index (χ0v) is 13.1. The molecule has 3 rings (SSSR count). The van der Waals surface area contributed by atoms with Crippen molar-refractivity contribution in [1.29, 1.82) is 0 Å². The van der Waals surface area contributed by atoms with Crippen molar-refractivity contribution in [3.63, 3.8) is 0 Å². The Morgan fingerprint density at radius 1 is 1.35 bits per heavy atom. The van der Waals surface area contributed by atoms with Gasteiger partial charge in [-0.25, -0.2) is 5.43 Å². The van der Waals surface area contributed by atoms with Crippen LogP contribution in [0, 0.1) is 0 Å². The van der Waals surface area contributed by atoms with Gasteiger partial charge >= 0.3 is 0 Å². The number of hydrogen-bond acceptors (Lipinski definition) is 6. The monoisotopic (exact) mass is 315 g/mol. The van der Waals surface area contributed by atoms with E-state index in [2.05, 4.69) is 33.2 Å². The van der Waals surface area contributed by atoms with Gasteiger partial charge in [-0.1, -0.05) is 36.7 Å². The van der Waals surface area contributed by atoms with Crippen molar-refractivity contribution in [2.45, 2.75) is 44.8 Å². The number of hydrogen-bond donors (Lipinski definition) is 3. The summed E-state index contributed by atoms with van der Waals surface area (Å²) in [5, 5.41) is 6.74. The summed E-state index contributed by atoms with van der Waals surface area (Å²) in [6.45, 7) is 2.39. The summed E-state index contributed by atoms with van der Waals surface area (Å²) in [7, 11) is 0. The highest BCUT2D eigenvalue weighted by molar-refractivity contribution is 5.81. The summed E-state index contributed by atoms with van der Waals surface area (Å²) in [5.41, 5.74) is 7.05. The Hall–Kier alpha value is -2.25. The van der Waals surface area contributed by atoms with Gasteiger partial charge in [0.2, 0.25) is 5.91 Å². The molecule has 0 saturated carbocycles. The Morgan fingerprint density at radius 2 is 2.17 bits per heavy atom. The maximum atomic E-state index is 12.1. The first-order chi connectivity index (χ1) is 11.3. The highest BCUT2D eigenvalue weighted by Gasteiger charge is 2.28. The standard InChI is InChI=1S/C16H21N5O2/c1-2-6-12-9-13(20-19-12)15(22)17-10-14-18-16(23-21-14)11-7-4-3-5-8-11/h3-5,7-8,12-13,19-20H,2,6,9-10H2,1H3,(H,17,22). The topological polar surface area (TPSA) is 92.1 Å². The van der Waals surface area contributed by atoms with Crippen molar-refractivity contribution < 1.29 is 9.32 Å². The SMILES string of the molecule is CCCC1CC(C(=O)NCc2noc(-c3ccccc3)n2)NN1. The third kappa shape index (κ3) is 3.94. The van der Waals surface area contributed by atoms with Crippen LogP contribution in [0.15, 0.2) is 34.9 Å². The quantitative estimate of drug-likeness (QED) is 0.746. The molecule has 3 N–H and O–H groups in total. The Morgan fingerprint density at radius 3 is 2.96 bits per heavy atom. The molecule has 2 aromatic rings. The number of carbonyl (C=O) groups is 1. The minimum Gasteiger partial charge on any atom is -0.347 e. The number of nitrogens with zero attached hydrogens (tertiary/aromatic N) is 2. The van der Waals surface area contributed by atoms with E-state index in [1.165, 1.54) is 0 Å². The van der Waals surface area contributed by atoms with Gasteiger partial charge in [0, 0.05) is 11.6 Å². The molecule has 7 heteroatoms. The minimum atomic E-state index is -0.216. The van der Waals surface area contributed by atoms with Crippen LogP contribution in [-0.4, -0.2) is 28.1 Å². The molecule has 0 spiro atoms. The predicted molar refractivity (Wildman–Crippen MR) is 85.0 cm³/mol. The minimum absolute atomic E-state index is 0.0536. The smallest absolute Gasteiger partial charge is 0.257 e. The third-order valence-corrected chi connectivity index (χ3v) is 3.85. The van der Waals surface area contributed by atoms with E-state index in [0.29, 0.717) is 17.8 Å². The number of nitrogens with one attached hydrogen (secondary N) is 3. The lowest BCUT2D eigenvalue weighted by atomic mass is 10.1.